The van der Waals surface area contributed by atoms with Crippen molar-refractivity contribution in [1.29, 1.82) is 0 Å². The molecule has 0 spiro atoms. The van der Waals surface area contributed by atoms with Gasteiger partial charge in [0.1, 0.15) is 12.7 Å². The summed E-state index contributed by atoms with van der Waals surface area (Å²) in [5, 5.41) is 0. The van der Waals surface area contributed by atoms with Gasteiger partial charge in [0.2, 0.25) is 0 Å². The Labute approximate surface area is 199 Å². The maximum absolute atomic E-state index is 11.7. The van der Waals surface area contributed by atoms with E-state index in [1.54, 1.807) is 0 Å². The van der Waals surface area contributed by atoms with Crippen LogP contribution in [0.25, 0.3) is 0 Å². The van der Waals surface area contributed by atoms with Crippen molar-refractivity contribution < 1.29 is 28.0 Å². The van der Waals surface area contributed by atoms with Crippen molar-refractivity contribution in [3.63, 3.8) is 0 Å². The summed E-state index contributed by atoms with van der Waals surface area (Å²) in [4.78, 5) is 20.7. The first-order valence-corrected chi connectivity index (χ1v) is 13.6. The van der Waals surface area contributed by atoms with Crippen molar-refractivity contribution in [2.45, 2.75) is 83.7 Å². The van der Waals surface area contributed by atoms with E-state index in [0.29, 0.717) is 12.8 Å². The van der Waals surface area contributed by atoms with E-state index in [0.717, 1.165) is 32.1 Å². The molecule has 0 amide bonds. The van der Waals surface area contributed by atoms with Gasteiger partial charge in [-0.15, -0.1) is 0 Å². The van der Waals surface area contributed by atoms with Gasteiger partial charge < -0.3 is 9.63 Å². The number of carbonyl (C=O) groups is 1. The van der Waals surface area contributed by atoms with Crippen molar-refractivity contribution in [2.75, 3.05) is 13.2 Å². The second kappa shape index (κ2) is 19.7. The van der Waals surface area contributed by atoms with Gasteiger partial charge in [0.15, 0.2) is 0 Å². The number of phosphoric acid groups is 1. The summed E-state index contributed by atoms with van der Waals surface area (Å²) in [5.41, 5.74) is 0. The fourth-order valence-corrected chi connectivity index (χ4v) is 3.87. The Balaban J connectivity index is 1.92. The fourth-order valence-electron chi connectivity index (χ4n) is 2.96. The van der Waals surface area contributed by atoms with E-state index < -0.39 is 13.9 Å². The minimum atomic E-state index is -3.93. The molecule has 7 heteroatoms. The molecule has 0 saturated carbocycles. The number of rotatable bonds is 18. The third-order valence-electron chi connectivity index (χ3n) is 4.78. The van der Waals surface area contributed by atoms with Gasteiger partial charge in [0.25, 0.3) is 0 Å². The largest absolute Gasteiger partial charge is 0.472 e. The van der Waals surface area contributed by atoms with E-state index in [9.17, 15) is 9.36 Å². The molecule has 1 saturated heterocycles. The molecule has 0 aromatic carbocycles. The fraction of sp³-hybridized carbons (Fsp3) is 0.577. The molecule has 1 N–H and O–H groups in total. The van der Waals surface area contributed by atoms with Gasteiger partial charge in [-0.05, 0) is 51.4 Å². The minimum Gasteiger partial charge on any atom is -0.463 e. The normalized spacial score (nSPS) is 21.6. The Hall–Kier alpha value is -1.72. The third-order valence-corrected chi connectivity index (χ3v) is 5.82. The molecule has 1 rings (SSSR count). The molecule has 0 bridgehead atoms. The molecular formula is C26H41O6P. The average Bonchev–Trinajstić information content (AvgIpc) is 3.15. The van der Waals surface area contributed by atoms with Crippen LogP contribution < -0.4 is 0 Å². The third kappa shape index (κ3) is 18.4. The zero-order chi connectivity index (χ0) is 24.0. The maximum atomic E-state index is 11.7. The molecule has 2 atom stereocenters. The lowest BCUT2D eigenvalue weighted by atomic mass is 10.2. The number of ether oxygens (including phenoxy) is 1. The van der Waals surface area contributed by atoms with Crippen LogP contribution in [0.5, 0.6) is 0 Å². The smallest absolute Gasteiger partial charge is 0.463 e. The molecule has 1 aliphatic heterocycles. The molecule has 1 heterocycles. The zero-order valence-corrected chi connectivity index (χ0v) is 20.9. The van der Waals surface area contributed by atoms with Crippen molar-refractivity contribution in [1.82, 2.24) is 0 Å². The molecule has 186 valence electrons. The van der Waals surface area contributed by atoms with Crippen LogP contribution in [0, 0.1) is 0 Å². The lowest BCUT2D eigenvalue weighted by Gasteiger charge is -2.08. The molecule has 1 aliphatic rings. The Bertz CT molecular complexity index is 708. The first-order chi connectivity index (χ1) is 16.0. The number of esters is 1. The van der Waals surface area contributed by atoms with E-state index >= 15 is 0 Å². The Morgan fingerprint density at radius 1 is 0.879 bits per heavy atom. The van der Waals surface area contributed by atoms with Crippen LogP contribution in [0.2, 0.25) is 0 Å². The van der Waals surface area contributed by atoms with Crippen LogP contribution in [0.15, 0.2) is 60.8 Å². The standard InChI is InChI=1S/C26H41O6P/c1-2-3-4-5-6-7-8-9-10-11-12-13-14-15-16-17-18-19-20-21-22-26(27)30-23-25-24-31-33(28,29)32-25/h6-7,9-10,12-13,15-16,18-19,25H,2-5,8,11,14,17,20-24H2,1H3,(H,28,29)/b7-6-,10-9-,13-12-,16-15-,19-18-. The summed E-state index contributed by atoms with van der Waals surface area (Å²) in [7, 11) is -3.93. The molecule has 0 radical (unpaired) electrons. The summed E-state index contributed by atoms with van der Waals surface area (Å²) < 4.78 is 25.4. The second-order valence-corrected chi connectivity index (χ2v) is 9.27. The predicted octanol–water partition coefficient (Wildman–Crippen LogP) is 7.14. The van der Waals surface area contributed by atoms with Gasteiger partial charge in [-0.2, -0.15) is 0 Å². The van der Waals surface area contributed by atoms with Crippen molar-refractivity contribution in [2.24, 2.45) is 0 Å². The average molecular weight is 481 g/mol. The van der Waals surface area contributed by atoms with Crippen LogP contribution in [0.3, 0.4) is 0 Å². The van der Waals surface area contributed by atoms with Crippen LogP contribution in [-0.4, -0.2) is 30.2 Å². The lowest BCUT2D eigenvalue weighted by molar-refractivity contribution is -0.146. The summed E-state index contributed by atoms with van der Waals surface area (Å²) in [6.07, 6.45) is 31.8. The van der Waals surface area contributed by atoms with E-state index in [4.69, 9.17) is 14.2 Å². The number of unbranched alkanes of at least 4 members (excludes halogenated alkanes) is 4. The predicted molar refractivity (Wildman–Crippen MR) is 134 cm³/mol. The van der Waals surface area contributed by atoms with Gasteiger partial charge in [0.05, 0.1) is 6.61 Å². The van der Waals surface area contributed by atoms with Gasteiger partial charge in [0, 0.05) is 6.42 Å². The van der Waals surface area contributed by atoms with Gasteiger partial charge >= 0.3 is 13.8 Å². The number of allylic oxidation sites excluding steroid dienone is 10. The topological polar surface area (TPSA) is 82.1 Å². The first kappa shape index (κ1) is 29.3. The highest BCUT2D eigenvalue weighted by Crippen LogP contribution is 2.49. The van der Waals surface area contributed by atoms with E-state index in [1.807, 2.05) is 0 Å². The van der Waals surface area contributed by atoms with Crippen LogP contribution in [-0.2, 0) is 23.1 Å². The molecule has 0 aliphatic carbocycles. The molecule has 1 fully saturated rings. The van der Waals surface area contributed by atoms with Gasteiger partial charge in [-0.25, -0.2) is 4.57 Å². The summed E-state index contributed by atoms with van der Waals surface area (Å²) in [6.45, 7) is 2.13. The Morgan fingerprint density at radius 3 is 1.88 bits per heavy atom. The Morgan fingerprint density at radius 2 is 1.39 bits per heavy atom. The highest BCUT2D eigenvalue weighted by Gasteiger charge is 2.35. The monoisotopic (exact) mass is 480 g/mol. The number of phosphoric ester groups is 1. The van der Waals surface area contributed by atoms with Crippen molar-refractivity contribution >= 4 is 13.8 Å². The zero-order valence-electron chi connectivity index (χ0n) is 20.0. The van der Waals surface area contributed by atoms with Crippen LogP contribution >= 0.6 is 7.82 Å². The lowest BCUT2D eigenvalue weighted by Crippen LogP contribution is -2.20. The van der Waals surface area contributed by atoms with Crippen LogP contribution in [0.1, 0.15) is 77.6 Å². The summed E-state index contributed by atoms with van der Waals surface area (Å²) in [6, 6.07) is 0. The van der Waals surface area contributed by atoms with E-state index in [1.165, 1.54) is 25.7 Å². The Kier molecular flexibility index (Phi) is 17.5. The highest BCUT2D eigenvalue weighted by atomic mass is 31.2. The molecule has 0 aromatic heterocycles. The van der Waals surface area contributed by atoms with Gasteiger partial charge in [-0.3, -0.25) is 13.8 Å². The SMILES string of the molecule is CCCCC/C=C\C/C=C\C/C=C\C/C=C\C/C=C\CCCC(=O)OCC1COP(=O)(O)O1. The molecule has 0 aromatic rings. The second-order valence-electron chi connectivity index (χ2n) is 7.86. The van der Waals surface area contributed by atoms with Crippen molar-refractivity contribution in [3.8, 4) is 0 Å². The number of hydrogen-bond acceptors (Lipinski definition) is 5. The summed E-state index contributed by atoms with van der Waals surface area (Å²) in [5.74, 6) is -0.341. The van der Waals surface area contributed by atoms with Crippen LogP contribution in [0.4, 0.5) is 0 Å². The molecule has 33 heavy (non-hydrogen) atoms. The number of hydrogen-bond donors (Lipinski definition) is 1. The first-order valence-electron chi connectivity index (χ1n) is 12.1. The maximum Gasteiger partial charge on any atom is 0.472 e. The molecule has 2 unspecified atom stereocenters. The van der Waals surface area contributed by atoms with E-state index in [-0.39, 0.29) is 19.2 Å². The highest BCUT2D eigenvalue weighted by molar-refractivity contribution is 7.47. The molecule has 6 nitrogen and oxygen atoms in total. The minimum absolute atomic E-state index is 0.0404. The molecular weight excluding hydrogens is 439 g/mol. The van der Waals surface area contributed by atoms with Crippen molar-refractivity contribution in [3.05, 3.63) is 60.8 Å². The number of carbonyl (C=O) groups excluding carboxylic acids is 1. The quantitative estimate of drug-likeness (QED) is 0.0972. The summed E-state index contributed by atoms with van der Waals surface area (Å²) >= 11 is 0. The van der Waals surface area contributed by atoms with Gasteiger partial charge in [-0.1, -0.05) is 80.5 Å². The van der Waals surface area contributed by atoms with E-state index in [2.05, 4.69) is 72.2 Å².